The molecule has 0 bridgehead atoms. The van der Waals surface area contributed by atoms with E-state index in [1.54, 1.807) is 74.9 Å². The van der Waals surface area contributed by atoms with Crippen molar-refractivity contribution in [2.45, 2.75) is 135 Å². The number of aromatic carboxylic acids is 2. The summed E-state index contributed by atoms with van der Waals surface area (Å²) in [5.74, 6) is 2.03. The molecular formula is C101H88O30. The quantitative estimate of drug-likeness (QED) is 0.0345. The number of benzene rings is 10. The summed E-state index contributed by atoms with van der Waals surface area (Å²) >= 11 is 0. The minimum atomic E-state index is -1.14. The fourth-order valence-electron chi connectivity index (χ4n) is 17.0. The van der Waals surface area contributed by atoms with Gasteiger partial charge in [-0.05, 0) is 142 Å². The number of carboxylic acid groups (broad SMARTS) is 2. The van der Waals surface area contributed by atoms with E-state index in [1.165, 1.54) is 30.3 Å². The van der Waals surface area contributed by atoms with Crippen molar-refractivity contribution >= 4 is 94.5 Å². The van der Waals surface area contributed by atoms with E-state index in [1.807, 2.05) is 66.7 Å². The number of phenolic OH excluding ortho intramolecular Hbond substituents is 6. The van der Waals surface area contributed by atoms with Crippen LogP contribution in [-0.2, 0) is 36.8 Å². The maximum atomic E-state index is 13.5. The molecule has 0 amide bonds. The second-order valence-corrected chi connectivity index (χ2v) is 33.8. The molecule has 8 aliphatic rings. The number of methoxy groups -OCH3 is 2. The van der Waals surface area contributed by atoms with Crippen molar-refractivity contribution in [1.82, 2.24) is 0 Å². The van der Waals surface area contributed by atoms with Crippen LogP contribution in [0.3, 0.4) is 0 Å². The Bertz CT molecular complexity index is 7370. The lowest BCUT2D eigenvalue weighted by atomic mass is 9.81. The molecule has 10 N–H and O–H groups in total. The number of aromatic hydroxyl groups is 8. The minimum absolute atomic E-state index is 0.0228. The molecule has 8 atom stereocenters. The number of ether oxygens (including phenoxy) is 10. The van der Waals surface area contributed by atoms with Gasteiger partial charge >= 0.3 is 11.9 Å². The number of rotatable bonds is 10. The monoisotopic (exact) mass is 1780 g/mol. The lowest BCUT2D eigenvalue weighted by molar-refractivity contribution is 0.0553. The first-order valence-corrected chi connectivity index (χ1v) is 41.6. The average molecular weight is 1780 g/mol. The van der Waals surface area contributed by atoms with E-state index in [9.17, 15) is 69.6 Å². The van der Waals surface area contributed by atoms with Gasteiger partial charge in [0.15, 0.2) is 17.3 Å². The maximum absolute atomic E-state index is 13.5. The van der Waals surface area contributed by atoms with Crippen LogP contribution in [0.2, 0.25) is 0 Å². The average Bonchev–Trinajstić information content (AvgIpc) is 1.71. The van der Waals surface area contributed by atoms with Gasteiger partial charge in [0.2, 0.25) is 16.3 Å². The number of carboxylic acids is 2. The number of carbonyl (C=O) groups excluding carboxylic acids is 1. The van der Waals surface area contributed by atoms with Gasteiger partial charge in [-0.3, -0.25) is 19.2 Å². The van der Waals surface area contributed by atoms with Crippen molar-refractivity contribution in [3.63, 3.8) is 0 Å². The molecular weight excluding hydrogens is 1690 g/mol. The van der Waals surface area contributed by atoms with E-state index in [-0.39, 0.29) is 161 Å². The van der Waals surface area contributed by atoms with E-state index < -0.39 is 24.0 Å². The molecule has 4 aromatic heterocycles. The smallest absolute Gasteiger partial charge is 0.339 e. The Morgan fingerprint density at radius 3 is 1.28 bits per heavy atom. The zero-order valence-electron chi connectivity index (χ0n) is 72.2. The molecule has 30 heteroatoms. The number of hydrogen-bond acceptors (Lipinski definition) is 28. The SMILES string of the molecule is C=C(C)[C@H]1Cc2c(ccc(C(=O)O)c2O)O1.C=C(C)[C@H]1Cc2c(ccc(C(=O)O)c2O)O1.C=C(C)[C@H]1Cc2c(ccc3c(=O)c4c(O)cc(O)cc4oc23)O1.C=C(C)[C@H]1Cc2c(ccc3c2O[C@@H]2COc4cc(OC)c(OC)cc4[C@@H]2C3=O)O1.CC(C)c1cc2c(ccc3c(=O)c4c(O)cc(O)cc4oc32)o1.C[C@]1([C@H]2Cc3c(ccc4c(=O)c5c(O)cc(O)cc5oc34)O2)CO1. The summed E-state index contributed by atoms with van der Waals surface area (Å²) in [7, 11) is 3.14. The largest absolute Gasteiger partial charge is 0.508 e. The van der Waals surface area contributed by atoms with Gasteiger partial charge in [0.05, 0.1) is 53.9 Å². The lowest BCUT2D eigenvalue weighted by Gasteiger charge is -2.37. The summed E-state index contributed by atoms with van der Waals surface area (Å²) in [4.78, 5) is 73.2. The molecule has 30 nitrogen and oxygen atoms in total. The third-order valence-electron chi connectivity index (χ3n) is 24.3. The summed E-state index contributed by atoms with van der Waals surface area (Å²) in [6.07, 6.45) is 1.64. The highest BCUT2D eigenvalue weighted by molar-refractivity contribution is 6.08. The fourth-order valence-corrected chi connectivity index (χ4v) is 17.0. The Kier molecular flexibility index (Phi) is 22.3. The topological polar surface area (TPSA) is 453 Å². The molecule has 0 spiro atoms. The van der Waals surface area contributed by atoms with Gasteiger partial charge in [-0.2, -0.15) is 0 Å². The highest BCUT2D eigenvalue weighted by atomic mass is 16.6. The highest BCUT2D eigenvalue weighted by Gasteiger charge is 2.52. The van der Waals surface area contributed by atoms with Crippen LogP contribution in [0.25, 0.3) is 76.8 Å². The number of epoxide rings is 1. The summed E-state index contributed by atoms with van der Waals surface area (Å²) in [5.41, 5.74) is 9.37. The molecule has 12 heterocycles. The molecule has 10 aromatic carbocycles. The molecule has 0 unspecified atom stereocenters. The number of phenols is 8. The normalized spacial score (nSPS) is 19.1. The number of fused-ring (bicyclic) bond motifs is 20. The van der Waals surface area contributed by atoms with Crippen molar-refractivity contribution in [3.05, 3.63) is 263 Å². The Morgan fingerprint density at radius 2 is 0.832 bits per heavy atom. The molecule has 1 fully saturated rings. The first-order valence-electron chi connectivity index (χ1n) is 41.6. The number of hydrogen-bond donors (Lipinski definition) is 10. The van der Waals surface area contributed by atoms with Crippen LogP contribution in [0, 0.1) is 0 Å². The van der Waals surface area contributed by atoms with Crippen LogP contribution in [0.4, 0.5) is 0 Å². The van der Waals surface area contributed by atoms with Gasteiger partial charge in [-0.25, -0.2) is 9.59 Å². The van der Waals surface area contributed by atoms with Gasteiger partial charge in [0, 0.05) is 114 Å². The second-order valence-electron chi connectivity index (χ2n) is 33.8. The first kappa shape index (κ1) is 87.4. The van der Waals surface area contributed by atoms with Crippen molar-refractivity contribution in [1.29, 1.82) is 0 Å². The zero-order chi connectivity index (χ0) is 93.3. The molecule has 0 radical (unpaired) electrons. The molecule has 22 rings (SSSR count). The number of Topliss-reactive ketones (excluding diaryl/α,β-unsaturated/α-hetero) is 1. The minimum Gasteiger partial charge on any atom is -0.508 e. The summed E-state index contributed by atoms with van der Waals surface area (Å²) in [6, 6.07) is 32.4. The Balaban J connectivity index is 0.000000111. The van der Waals surface area contributed by atoms with Crippen molar-refractivity contribution in [3.8, 4) is 97.7 Å². The molecule has 672 valence electrons. The molecule has 14 aromatic rings. The van der Waals surface area contributed by atoms with Crippen LogP contribution in [0.5, 0.6) is 97.7 Å². The maximum Gasteiger partial charge on any atom is 0.339 e. The van der Waals surface area contributed by atoms with E-state index in [0.29, 0.717) is 145 Å². The van der Waals surface area contributed by atoms with Gasteiger partial charge < -0.3 is 116 Å². The molecule has 0 saturated carbocycles. The third-order valence-corrected chi connectivity index (χ3v) is 24.3. The number of carbonyl (C=O) groups is 3. The fraction of sp³-hybridized carbons (Fsp3) is 0.248. The zero-order valence-corrected chi connectivity index (χ0v) is 72.2. The molecule has 8 aliphatic heterocycles. The predicted molar refractivity (Wildman–Crippen MR) is 481 cm³/mol. The van der Waals surface area contributed by atoms with E-state index in [2.05, 4.69) is 26.3 Å². The van der Waals surface area contributed by atoms with Crippen molar-refractivity contribution in [2.24, 2.45) is 0 Å². The predicted octanol–water partition coefficient (Wildman–Crippen LogP) is 17.6. The second kappa shape index (κ2) is 33.5. The molecule has 0 aliphatic carbocycles. The van der Waals surface area contributed by atoms with E-state index >= 15 is 0 Å². The summed E-state index contributed by atoms with van der Waals surface area (Å²) in [6.45, 7) is 29.9. The van der Waals surface area contributed by atoms with Gasteiger partial charge in [-0.1, -0.05) is 40.2 Å². The van der Waals surface area contributed by atoms with Crippen LogP contribution < -0.4 is 58.9 Å². The van der Waals surface area contributed by atoms with Gasteiger partial charge in [0.1, 0.15) is 207 Å². The number of ketones is 1. The summed E-state index contributed by atoms with van der Waals surface area (Å²) in [5, 5.41) is 98.1. The first-order chi connectivity index (χ1) is 62.4. The van der Waals surface area contributed by atoms with Crippen LogP contribution in [0.15, 0.2) is 208 Å². The Morgan fingerprint density at radius 1 is 0.435 bits per heavy atom. The molecule has 131 heavy (non-hydrogen) atoms. The van der Waals surface area contributed by atoms with E-state index in [4.69, 9.17) is 75.3 Å². The van der Waals surface area contributed by atoms with Crippen LogP contribution in [0.1, 0.15) is 131 Å². The van der Waals surface area contributed by atoms with Crippen molar-refractivity contribution < 1.29 is 130 Å². The lowest BCUT2D eigenvalue weighted by Crippen LogP contribution is -2.43. The van der Waals surface area contributed by atoms with Crippen LogP contribution >= 0.6 is 0 Å². The Hall–Kier alpha value is -15.7. The van der Waals surface area contributed by atoms with Crippen molar-refractivity contribution in [2.75, 3.05) is 27.4 Å². The standard InChI is InChI=1S/C23H22O6.C18H14O6.2C18H14O5.2C12H12O4/c1-11(2)16-8-14-15(28-16)6-5-12-22(24)21-13-7-18(25-3)19(26-4)9-17(13)27-10-20(21)29-23(12)14;1-18(7-22-18)14-6-10-12(23-14)3-2-9-16(21)15-11(20)4-8(19)5-13(15)24-17(9)10;2*1-8(2)14-7-11-13(22-14)4-3-10-17(21)16-12(20)5-9(19)6-15(16)23-18(10)11;2*1-6(2)10-5-8-9(16-10)4-3-7(11(8)13)12(14)15/h5-7,9,16,20-21H,1,8,10H2,2-4H3;2-5,14,19-20H,6-7H2,1H3;3-8,19-20H,1-2H3;3-6,14,19-20H,1,7H2,2H3;2*3-4,10,13H,1,5H2,2H3,(H,14,15)/t16-,20-,21+;14-,18-;;14-;2*10-/m11.111/s1. The summed E-state index contributed by atoms with van der Waals surface area (Å²) < 4.78 is 80.6. The Labute approximate surface area is 743 Å². The van der Waals surface area contributed by atoms with Crippen LogP contribution in [-0.4, -0.2) is 138 Å². The highest BCUT2D eigenvalue weighted by Crippen LogP contribution is 2.52. The van der Waals surface area contributed by atoms with Gasteiger partial charge in [0.25, 0.3) is 0 Å². The van der Waals surface area contributed by atoms with Gasteiger partial charge in [-0.15, -0.1) is 0 Å². The van der Waals surface area contributed by atoms with E-state index in [0.717, 1.165) is 74.3 Å². The number of furan rings is 1. The molecule has 1 saturated heterocycles. The third kappa shape index (κ3) is 15.8.